The lowest BCUT2D eigenvalue weighted by Gasteiger charge is -2.07. The molecule has 0 saturated heterocycles. The maximum atomic E-state index is 4.36. The van der Waals surface area contributed by atoms with Gasteiger partial charge in [-0.1, -0.05) is 34.1 Å². The standard InChI is InChI=1S/C15H10Br2N2/c16-12-6-4-11-9-13(7-5-10(11)8-12)18-15-3-1-2-14(17)19-15/h1-9H,(H,18,19). The second kappa shape index (κ2) is 5.31. The number of hydrogen-bond acceptors (Lipinski definition) is 2. The molecule has 0 unspecified atom stereocenters. The second-order valence-electron chi connectivity index (χ2n) is 4.18. The summed E-state index contributed by atoms with van der Waals surface area (Å²) >= 11 is 6.85. The number of aromatic nitrogens is 1. The molecule has 0 spiro atoms. The molecule has 1 heterocycles. The van der Waals surface area contributed by atoms with Crippen LogP contribution in [0.3, 0.4) is 0 Å². The molecular weight excluding hydrogens is 368 g/mol. The van der Waals surface area contributed by atoms with E-state index in [0.717, 1.165) is 20.6 Å². The SMILES string of the molecule is Brc1ccc2cc(Nc3cccc(Br)n3)ccc2c1. The zero-order valence-electron chi connectivity index (χ0n) is 9.90. The van der Waals surface area contributed by atoms with Crippen LogP contribution in [0.25, 0.3) is 10.8 Å². The van der Waals surface area contributed by atoms with Crippen LogP contribution in [0.2, 0.25) is 0 Å². The molecule has 0 aliphatic carbocycles. The van der Waals surface area contributed by atoms with Gasteiger partial charge >= 0.3 is 0 Å². The highest BCUT2D eigenvalue weighted by atomic mass is 79.9. The number of nitrogens with zero attached hydrogens (tertiary/aromatic N) is 1. The van der Waals surface area contributed by atoms with Gasteiger partial charge in [0.1, 0.15) is 10.4 Å². The van der Waals surface area contributed by atoms with Crippen molar-refractivity contribution in [1.82, 2.24) is 4.98 Å². The minimum absolute atomic E-state index is 0.821. The van der Waals surface area contributed by atoms with Crippen LogP contribution >= 0.6 is 31.9 Å². The molecule has 0 amide bonds. The van der Waals surface area contributed by atoms with Crippen molar-refractivity contribution in [3.8, 4) is 0 Å². The molecule has 0 atom stereocenters. The summed E-state index contributed by atoms with van der Waals surface area (Å²) in [7, 11) is 0. The van der Waals surface area contributed by atoms with E-state index in [9.17, 15) is 0 Å². The summed E-state index contributed by atoms with van der Waals surface area (Å²) in [6.45, 7) is 0. The molecule has 19 heavy (non-hydrogen) atoms. The number of fused-ring (bicyclic) bond motifs is 1. The Morgan fingerprint density at radius 2 is 1.63 bits per heavy atom. The predicted octanol–water partition coefficient (Wildman–Crippen LogP) is 5.50. The van der Waals surface area contributed by atoms with E-state index >= 15 is 0 Å². The van der Waals surface area contributed by atoms with E-state index in [1.54, 1.807) is 0 Å². The van der Waals surface area contributed by atoms with Crippen LogP contribution in [0.5, 0.6) is 0 Å². The number of nitrogens with one attached hydrogen (secondary N) is 1. The fourth-order valence-electron chi connectivity index (χ4n) is 1.92. The molecule has 0 saturated carbocycles. The molecular formula is C15H10Br2N2. The zero-order chi connectivity index (χ0) is 13.2. The monoisotopic (exact) mass is 376 g/mol. The molecule has 0 aliphatic rings. The average Bonchev–Trinajstić information content (AvgIpc) is 2.39. The topological polar surface area (TPSA) is 24.9 Å². The first kappa shape index (κ1) is 12.6. The summed E-state index contributed by atoms with van der Waals surface area (Å²) < 4.78 is 1.91. The Morgan fingerprint density at radius 3 is 2.47 bits per heavy atom. The van der Waals surface area contributed by atoms with Crippen molar-refractivity contribution in [3.05, 3.63) is 63.7 Å². The molecule has 0 bridgehead atoms. The Kier molecular flexibility index (Phi) is 3.53. The fraction of sp³-hybridized carbons (Fsp3) is 0. The van der Waals surface area contributed by atoms with Crippen molar-refractivity contribution in [2.75, 3.05) is 5.32 Å². The van der Waals surface area contributed by atoms with Gasteiger partial charge in [-0.2, -0.15) is 0 Å². The zero-order valence-corrected chi connectivity index (χ0v) is 13.1. The van der Waals surface area contributed by atoms with Crippen LogP contribution in [-0.4, -0.2) is 4.98 Å². The summed E-state index contributed by atoms with van der Waals surface area (Å²) in [4.78, 5) is 4.36. The van der Waals surface area contributed by atoms with E-state index in [-0.39, 0.29) is 0 Å². The number of benzene rings is 2. The highest BCUT2D eigenvalue weighted by Crippen LogP contribution is 2.24. The molecule has 3 rings (SSSR count). The van der Waals surface area contributed by atoms with Gasteiger partial charge in [-0.05, 0) is 63.1 Å². The van der Waals surface area contributed by atoms with E-state index < -0.39 is 0 Å². The van der Waals surface area contributed by atoms with Gasteiger partial charge in [0.15, 0.2) is 0 Å². The van der Waals surface area contributed by atoms with Crippen LogP contribution in [0.15, 0.2) is 63.7 Å². The summed E-state index contributed by atoms with van der Waals surface area (Å²) in [6.07, 6.45) is 0. The lowest BCUT2D eigenvalue weighted by atomic mass is 10.1. The van der Waals surface area contributed by atoms with Gasteiger partial charge in [-0.25, -0.2) is 4.98 Å². The average molecular weight is 378 g/mol. The highest BCUT2D eigenvalue weighted by Gasteiger charge is 1.99. The molecule has 3 aromatic rings. The Bertz CT molecular complexity index is 741. The van der Waals surface area contributed by atoms with E-state index in [4.69, 9.17) is 0 Å². The van der Waals surface area contributed by atoms with Crippen molar-refractivity contribution in [1.29, 1.82) is 0 Å². The number of halogens is 2. The van der Waals surface area contributed by atoms with E-state index in [0.29, 0.717) is 0 Å². The van der Waals surface area contributed by atoms with Gasteiger partial charge in [-0.3, -0.25) is 0 Å². The van der Waals surface area contributed by atoms with Crippen molar-refractivity contribution in [2.24, 2.45) is 0 Å². The first-order chi connectivity index (χ1) is 9.20. The van der Waals surface area contributed by atoms with Crippen LogP contribution in [0.4, 0.5) is 11.5 Å². The van der Waals surface area contributed by atoms with Gasteiger partial charge in [0.25, 0.3) is 0 Å². The summed E-state index contributed by atoms with van der Waals surface area (Å²) in [5.74, 6) is 0.825. The Labute approximate surface area is 128 Å². The third-order valence-electron chi connectivity index (χ3n) is 2.79. The molecule has 94 valence electrons. The molecule has 2 aromatic carbocycles. The maximum absolute atomic E-state index is 4.36. The number of anilines is 2. The minimum atomic E-state index is 0.821. The Morgan fingerprint density at radius 1 is 0.842 bits per heavy atom. The molecule has 0 radical (unpaired) electrons. The normalized spacial score (nSPS) is 10.6. The van der Waals surface area contributed by atoms with Gasteiger partial charge in [-0.15, -0.1) is 0 Å². The van der Waals surface area contributed by atoms with Crippen LogP contribution in [-0.2, 0) is 0 Å². The maximum Gasteiger partial charge on any atom is 0.131 e. The largest absolute Gasteiger partial charge is 0.340 e. The first-order valence-corrected chi connectivity index (χ1v) is 7.38. The summed E-state index contributed by atoms with van der Waals surface area (Å²) in [5.41, 5.74) is 1.03. The first-order valence-electron chi connectivity index (χ1n) is 5.80. The van der Waals surface area contributed by atoms with E-state index in [2.05, 4.69) is 72.5 Å². The lowest BCUT2D eigenvalue weighted by molar-refractivity contribution is 1.27. The molecule has 2 nitrogen and oxygen atoms in total. The highest BCUT2D eigenvalue weighted by molar-refractivity contribution is 9.10. The van der Waals surface area contributed by atoms with Gasteiger partial charge in [0.05, 0.1) is 0 Å². The van der Waals surface area contributed by atoms with Crippen molar-refractivity contribution < 1.29 is 0 Å². The fourth-order valence-corrected chi connectivity index (χ4v) is 2.64. The Balaban J connectivity index is 1.95. The third-order valence-corrected chi connectivity index (χ3v) is 3.72. The molecule has 1 N–H and O–H groups in total. The molecule has 0 aliphatic heterocycles. The van der Waals surface area contributed by atoms with Gasteiger partial charge < -0.3 is 5.32 Å². The molecule has 0 fully saturated rings. The molecule has 4 heteroatoms. The number of hydrogen-bond donors (Lipinski definition) is 1. The minimum Gasteiger partial charge on any atom is -0.340 e. The van der Waals surface area contributed by atoms with E-state index in [1.165, 1.54) is 10.8 Å². The smallest absolute Gasteiger partial charge is 0.131 e. The van der Waals surface area contributed by atoms with Crippen LogP contribution in [0.1, 0.15) is 0 Å². The quantitative estimate of drug-likeness (QED) is 0.596. The van der Waals surface area contributed by atoms with Crippen molar-refractivity contribution >= 4 is 54.1 Å². The third kappa shape index (κ3) is 2.96. The van der Waals surface area contributed by atoms with Gasteiger partial charge in [0, 0.05) is 10.2 Å². The second-order valence-corrected chi connectivity index (χ2v) is 5.90. The number of rotatable bonds is 2. The number of pyridine rings is 1. The lowest BCUT2D eigenvalue weighted by Crippen LogP contribution is -1.93. The summed E-state index contributed by atoms with van der Waals surface area (Å²) in [6, 6.07) is 18.3. The van der Waals surface area contributed by atoms with Crippen LogP contribution < -0.4 is 5.32 Å². The molecule has 1 aromatic heterocycles. The van der Waals surface area contributed by atoms with Crippen LogP contribution in [0, 0.1) is 0 Å². The van der Waals surface area contributed by atoms with Crippen molar-refractivity contribution in [3.63, 3.8) is 0 Å². The van der Waals surface area contributed by atoms with Crippen molar-refractivity contribution in [2.45, 2.75) is 0 Å². The predicted molar refractivity (Wildman–Crippen MR) is 86.9 cm³/mol. The summed E-state index contributed by atoms with van der Waals surface area (Å²) in [5, 5.41) is 5.71. The van der Waals surface area contributed by atoms with E-state index in [1.807, 2.05) is 24.3 Å². The van der Waals surface area contributed by atoms with Gasteiger partial charge in [0.2, 0.25) is 0 Å². The Hall–Kier alpha value is -1.39.